The van der Waals surface area contributed by atoms with Crippen molar-refractivity contribution in [3.05, 3.63) is 35.7 Å². The first-order chi connectivity index (χ1) is 13.1. The van der Waals surface area contributed by atoms with Gasteiger partial charge in [0.2, 0.25) is 5.95 Å². The van der Waals surface area contributed by atoms with Crippen molar-refractivity contribution >= 4 is 17.5 Å². The molecular weight excluding hydrogens is 348 g/mol. The molecule has 0 aliphatic carbocycles. The fourth-order valence-electron chi connectivity index (χ4n) is 2.88. The summed E-state index contributed by atoms with van der Waals surface area (Å²) in [5.41, 5.74) is 1.62. The Hall–Kier alpha value is -2.87. The molecule has 1 aromatic heterocycles. The van der Waals surface area contributed by atoms with Gasteiger partial charge in [0.15, 0.2) is 0 Å². The number of nitrogens with zero attached hydrogens (tertiary/aromatic N) is 2. The van der Waals surface area contributed by atoms with E-state index >= 15 is 0 Å². The van der Waals surface area contributed by atoms with E-state index in [1.54, 1.807) is 38.5 Å². The summed E-state index contributed by atoms with van der Waals surface area (Å²) < 4.78 is 16.1. The molecule has 0 radical (unpaired) electrons. The minimum Gasteiger partial charge on any atom is -0.497 e. The smallest absolute Gasteiger partial charge is 0.270 e. The van der Waals surface area contributed by atoms with Gasteiger partial charge in [-0.25, -0.2) is 9.97 Å². The first-order valence-electron chi connectivity index (χ1n) is 8.83. The van der Waals surface area contributed by atoms with Crippen LogP contribution in [0.5, 0.6) is 11.5 Å². The molecule has 2 aromatic rings. The normalized spacial score (nSPS) is 16.0. The Morgan fingerprint density at radius 2 is 2.11 bits per heavy atom. The van der Waals surface area contributed by atoms with E-state index in [0.29, 0.717) is 41.1 Å². The first kappa shape index (κ1) is 18.9. The van der Waals surface area contributed by atoms with E-state index in [-0.39, 0.29) is 12.0 Å². The highest BCUT2D eigenvalue weighted by atomic mass is 16.5. The SMILES string of the molecule is COc1ccc(OC)c(Nc2nc(C)cc(C(=O)NCC3CCCO3)n2)c1. The molecule has 144 valence electrons. The fourth-order valence-corrected chi connectivity index (χ4v) is 2.88. The van der Waals surface area contributed by atoms with Crippen LogP contribution in [0.2, 0.25) is 0 Å². The van der Waals surface area contributed by atoms with Crippen molar-refractivity contribution < 1.29 is 19.0 Å². The Kier molecular flexibility index (Phi) is 6.08. The van der Waals surface area contributed by atoms with Gasteiger partial charge in [0.25, 0.3) is 5.91 Å². The summed E-state index contributed by atoms with van der Waals surface area (Å²) in [6.07, 6.45) is 2.07. The second-order valence-corrected chi connectivity index (χ2v) is 6.25. The van der Waals surface area contributed by atoms with E-state index in [2.05, 4.69) is 20.6 Å². The van der Waals surface area contributed by atoms with Gasteiger partial charge in [-0.1, -0.05) is 0 Å². The average molecular weight is 372 g/mol. The van der Waals surface area contributed by atoms with Gasteiger partial charge in [0.05, 0.1) is 26.0 Å². The second kappa shape index (κ2) is 8.68. The average Bonchev–Trinajstić information content (AvgIpc) is 3.19. The molecule has 8 heteroatoms. The number of amides is 1. The summed E-state index contributed by atoms with van der Waals surface area (Å²) in [6.45, 7) is 3.05. The molecule has 2 N–H and O–H groups in total. The molecular formula is C19H24N4O4. The number of rotatable bonds is 7. The lowest BCUT2D eigenvalue weighted by molar-refractivity contribution is 0.0853. The van der Waals surface area contributed by atoms with E-state index in [1.807, 2.05) is 6.92 Å². The van der Waals surface area contributed by atoms with Crippen LogP contribution in [0.3, 0.4) is 0 Å². The van der Waals surface area contributed by atoms with E-state index in [0.717, 1.165) is 19.4 Å². The Labute approximate surface area is 158 Å². The van der Waals surface area contributed by atoms with Gasteiger partial charge in [-0.05, 0) is 38.0 Å². The van der Waals surface area contributed by atoms with Crippen LogP contribution >= 0.6 is 0 Å². The van der Waals surface area contributed by atoms with E-state index in [9.17, 15) is 4.79 Å². The van der Waals surface area contributed by atoms with Crippen LogP contribution in [0.4, 0.5) is 11.6 Å². The van der Waals surface area contributed by atoms with E-state index < -0.39 is 0 Å². The lowest BCUT2D eigenvalue weighted by atomic mass is 10.2. The topological polar surface area (TPSA) is 94.6 Å². The van der Waals surface area contributed by atoms with Gasteiger partial charge in [-0.15, -0.1) is 0 Å². The van der Waals surface area contributed by atoms with Crippen molar-refractivity contribution in [3.8, 4) is 11.5 Å². The molecule has 2 heterocycles. The maximum absolute atomic E-state index is 12.5. The molecule has 1 saturated heterocycles. The molecule has 1 fully saturated rings. The largest absolute Gasteiger partial charge is 0.497 e. The number of nitrogens with one attached hydrogen (secondary N) is 2. The first-order valence-corrected chi connectivity index (χ1v) is 8.83. The molecule has 1 aliphatic rings. The molecule has 3 rings (SSSR count). The molecule has 1 atom stereocenters. The van der Waals surface area contributed by atoms with Crippen molar-refractivity contribution in [1.29, 1.82) is 0 Å². The maximum atomic E-state index is 12.5. The molecule has 8 nitrogen and oxygen atoms in total. The van der Waals surface area contributed by atoms with Gasteiger partial charge in [0.1, 0.15) is 17.2 Å². The van der Waals surface area contributed by atoms with E-state index in [4.69, 9.17) is 14.2 Å². The minimum absolute atomic E-state index is 0.0792. The quantitative estimate of drug-likeness (QED) is 0.771. The molecule has 0 saturated carbocycles. The fraction of sp³-hybridized carbons (Fsp3) is 0.421. The van der Waals surface area contributed by atoms with Gasteiger partial charge < -0.3 is 24.8 Å². The van der Waals surface area contributed by atoms with Gasteiger partial charge in [0, 0.05) is 24.9 Å². The number of anilines is 2. The van der Waals surface area contributed by atoms with Crippen LogP contribution in [0, 0.1) is 6.92 Å². The predicted molar refractivity (Wildman–Crippen MR) is 101 cm³/mol. The van der Waals surface area contributed by atoms with Crippen LogP contribution < -0.4 is 20.1 Å². The minimum atomic E-state index is -0.253. The molecule has 0 spiro atoms. The second-order valence-electron chi connectivity index (χ2n) is 6.25. The van der Waals surface area contributed by atoms with Crippen molar-refractivity contribution in [1.82, 2.24) is 15.3 Å². The highest BCUT2D eigenvalue weighted by Crippen LogP contribution is 2.30. The third-order valence-corrected chi connectivity index (χ3v) is 4.25. The monoisotopic (exact) mass is 372 g/mol. The van der Waals surface area contributed by atoms with Crippen molar-refractivity contribution in [3.63, 3.8) is 0 Å². The summed E-state index contributed by atoms with van der Waals surface area (Å²) >= 11 is 0. The molecule has 0 bridgehead atoms. The van der Waals surface area contributed by atoms with Crippen LogP contribution in [0.25, 0.3) is 0 Å². The van der Waals surface area contributed by atoms with Gasteiger partial charge in [-0.2, -0.15) is 0 Å². The van der Waals surface area contributed by atoms with Crippen molar-refractivity contribution in [2.75, 3.05) is 32.7 Å². The van der Waals surface area contributed by atoms with Crippen LogP contribution in [-0.4, -0.2) is 49.4 Å². The lowest BCUT2D eigenvalue weighted by Gasteiger charge is -2.13. The molecule has 27 heavy (non-hydrogen) atoms. The van der Waals surface area contributed by atoms with Crippen LogP contribution in [-0.2, 0) is 4.74 Å². The summed E-state index contributed by atoms with van der Waals surface area (Å²) in [6, 6.07) is 7.01. The number of hydrogen-bond acceptors (Lipinski definition) is 7. The number of benzene rings is 1. The Bertz CT molecular complexity index is 806. The zero-order chi connectivity index (χ0) is 19.2. The highest BCUT2D eigenvalue weighted by molar-refractivity contribution is 5.92. The Balaban J connectivity index is 1.76. The number of aromatic nitrogens is 2. The molecule has 1 aromatic carbocycles. The lowest BCUT2D eigenvalue weighted by Crippen LogP contribution is -2.32. The number of hydrogen-bond donors (Lipinski definition) is 2. The summed E-state index contributed by atoms with van der Waals surface area (Å²) in [5.74, 6) is 1.34. The van der Waals surface area contributed by atoms with Crippen LogP contribution in [0.15, 0.2) is 24.3 Å². The number of aryl methyl sites for hydroxylation is 1. The third kappa shape index (κ3) is 4.85. The Morgan fingerprint density at radius 3 is 2.81 bits per heavy atom. The summed E-state index contributed by atoms with van der Waals surface area (Å²) in [4.78, 5) is 21.1. The zero-order valence-electron chi connectivity index (χ0n) is 15.7. The van der Waals surface area contributed by atoms with Gasteiger partial charge in [-0.3, -0.25) is 4.79 Å². The van der Waals surface area contributed by atoms with Crippen LogP contribution in [0.1, 0.15) is 29.0 Å². The van der Waals surface area contributed by atoms with Crippen molar-refractivity contribution in [2.45, 2.75) is 25.9 Å². The summed E-state index contributed by atoms with van der Waals surface area (Å²) in [5, 5.41) is 5.97. The molecule has 1 unspecified atom stereocenters. The van der Waals surface area contributed by atoms with E-state index in [1.165, 1.54) is 0 Å². The number of methoxy groups -OCH3 is 2. The maximum Gasteiger partial charge on any atom is 0.270 e. The molecule has 1 aliphatic heterocycles. The molecule has 1 amide bonds. The Morgan fingerprint density at radius 1 is 1.26 bits per heavy atom. The predicted octanol–water partition coefficient (Wildman–Crippen LogP) is 2.45. The number of ether oxygens (including phenoxy) is 3. The standard InChI is InChI=1S/C19H24N4O4/c1-12-9-16(18(24)20-11-14-5-4-8-27-14)23-19(21-12)22-15-10-13(25-2)6-7-17(15)26-3/h6-7,9-10,14H,4-5,8,11H2,1-3H3,(H,20,24)(H,21,22,23). The highest BCUT2D eigenvalue weighted by Gasteiger charge is 2.18. The van der Waals surface area contributed by atoms with Crippen molar-refractivity contribution in [2.24, 2.45) is 0 Å². The number of carbonyl (C=O) groups excluding carboxylic acids is 1. The number of carbonyl (C=O) groups is 1. The van der Waals surface area contributed by atoms with Gasteiger partial charge >= 0.3 is 0 Å². The summed E-state index contributed by atoms with van der Waals surface area (Å²) in [7, 11) is 3.17. The third-order valence-electron chi connectivity index (χ3n) is 4.25. The zero-order valence-corrected chi connectivity index (χ0v) is 15.7.